The van der Waals surface area contributed by atoms with Gasteiger partial charge in [0, 0.05) is 69.3 Å². The monoisotopic (exact) mass is 509 g/mol. The van der Waals surface area contributed by atoms with Gasteiger partial charge in [0.15, 0.2) is 5.65 Å². The van der Waals surface area contributed by atoms with Crippen molar-refractivity contribution in [1.29, 1.82) is 0 Å². The minimum absolute atomic E-state index is 0.598. The third-order valence-electron chi connectivity index (χ3n) is 6.35. The molecule has 5 heterocycles. The van der Waals surface area contributed by atoms with E-state index in [2.05, 4.69) is 65.8 Å². The van der Waals surface area contributed by atoms with Gasteiger partial charge in [-0.05, 0) is 49.8 Å². The molecule has 0 atom stereocenters. The van der Waals surface area contributed by atoms with Crippen molar-refractivity contribution in [3.05, 3.63) is 88.3 Å². The van der Waals surface area contributed by atoms with Gasteiger partial charge in [0.05, 0.1) is 17.6 Å². The normalized spacial score (nSPS) is 13.4. The highest BCUT2D eigenvalue weighted by atomic mass is 32.1. The van der Waals surface area contributed by atoms with Crippen molar-refractivity contribution >= 4 is 27.9 Å². The number of H-pyrrole nitrogens is 2. The number of hydrogen-bond donors (Lipinski definition) is 3. The lowest BCUT2D eigenvalue weighted by molar-refractivity contribution is 0.261. The van der Waals surface area contributed by atoms with E-state index in [1.54, 1.807) is 17.5 Å². The molecule has 8 nitrogen and oxygen atoms in total. The molecular weight excluding hydrogens is 482 g/mol. The maximum Gasteiger partial charge on any atom is 0.181 e. The van der Waals surface area contributed by atoms with Gasteiger partial charge < -0.3 is 20.4 Å². The number of likely N-dealkylation sites (N-methyl/N-ethyl adjacent to an activating group) is 1. The molecule has 5 aromatic heterocycles. The van der Waals surface area contributed by atoms with E-state index in [4.69, 9.17) is 10.5 Å². The second-order valence-corrected chi connectivity index (χ2v) is 10.3. The molecule has 1 aliphatic rings. The van der Waals surface area contributed by atoms with Gasteiger partial charge >= 0.3 is 0 Å². The first-order valence-corrected chi connectivity index (χ1v) is 12.9. The van der Waals surface area contributed by atoms with Crippen LogP contribution in [0.3, 0.4) is 0 Å². The molecule has 0 amide bonds. The summed E-state index contributed by atoms with van der Waals surface area (Å²) < 4.78 is 5.88. The molecule has 6 rings (SSSR count). The van der Waals surface area contributed by atoms with Gasteiger partial charge in [-0.2, -0.15) is 5.10 Å². The Labute approximate surface area is 218 Å². The summed E-state index contributed by atoms with van der Waals surface area (Å²) in [5.41, 5.74) is 14.9. The minimum atomic E-state index is 0.598. The zero-order chi connectivity index (χ0) is 25.4. The molecule has 0 saturated heterocycles. The molecule has 1 aliphatic carbocycles. The number of thiophene rings is 1. The summed E-state index contributed by atoms with van der Waals surface area (Å²) in [6, 6.07) is 10.5. The molecule has 186 valence electrons. The Bertz CT molecular complexity index is 1630. The molecule has 0 aliphatic heterocycles. The molecule has 37 heavy (non-hydrogen) atoms. The van der Waals surface area contributed by atoms with Crippen LogP contribution in [-0.4, -0.2) is 57.3 Å². The topological polar surface area (TPSA) is 109 Å². The Balaban J connectivity index is 1.36. The number of hydrogen-bond acceptors (Lipinski definition) is 7. The molecule has 4 N–H and O–H groups in total. The molecule has 9 heteroatoms. The number of pyridine rings is 2. The molecule has 0 bridgehead atoms. The first-order valence-electron chi connectivity index (χ1n) is 12.0. The standard InChI is InChI=1S/C28H27N7OS/c1-35(2)7-8-36-20-10-17(14-30-16-20)18-11-23-27(33-34-28(23)31-15-18)25-13-22-21(26-4-3-9-37-26)6-5-19(29)12-24(22)32-25/h3-6,9-11,13-16,32H,7-8,12,29H2,1-2H3,(H,31,33,34). The average Bonchev–Trinajstić information content (AvgIpc) is 3.63. The van der Waals surface area contributed by atoms with Crippen molar-refractivity contribution in [2.24, 2.45) is 5.73 Å². The van der Waals surface area contributed by atoms with Crippen LogP contribution < -0.4 is 10.5 Å². The highest BCUT2D eigenvalue weighted by Crippen LogP contribution is 2.37. The van der Waals surface area contributed by atoms with Crippen LogP contribution in [0.25, 0.3) is 39.1 Å². The lowest BCUT2D eigenvalue weighted by atomic mass is 10.0. The largest absolute Gasteiger partial charge is 0.491 e. The Morgan fingerprint density at radius 3 is 2.84 bits per heavy atom. The quantitative estimate of drug-likeness (QED) is 0.290. The van der Waals surface area contributed by atoms with Crippen molar-refractivity contribution in [1.82, 2.24) is 30.0 Å². The second-order valence-electron chi connectivity index (χ2n) is 9.31. The fourth-order valence-corrected chi connectivity index (χ4v) is 5.23. The molecule has 0 fully saturated rings. The summed E-state index contributed by atoms with van der Waals surface area (Å²) in [6.07, 6.45) is 10.1. The van der Waals surface area contributed by atoms with Gasteiger partial charge in [0.2, 0.25) is 0 Å². The lowest BCUT2D eigenvalue weighted by Crippen LogP contribution is -2.19. The van der Waals surface area contributed by atoms with Crippen LogP contribution in [0.2, 0.25) is 0 Å². The molecule has 0 unspecified atom stereocenters. The van der Waals surface area contributed by atoms with Crippen LogP contribution in [-0.2, 0) is 6.42 Å². The third-order valence-corrected chi connectivity index (χ3v) is 7.26. The van der Waals surface area contributed by atoms with Gasteiger partial charge in [-0.25, -0.2) is 4.98 Å². The van der Waals surface area contributed by atoms with Crippen molar-refractivity contribution < 1.29 is 4.74 Å². The predicted octanol–water partition coefficient (Wildman–Crippen LogP) is 4.85. The van der Waals surface area contributed by atoms with Crippen molar-refractivity contribution in [3.63, 3.8) is 0 Å². The van der Waals surface area contributed by atoms with Crippen LogP contribution >= 0.6 is 11.3 Å². The van der Waals surface area contributed by atoms with Crippen LogP contribution in [0.1, 0.15) is 16.1 Å². The number of rotatable bonds is 7. The Hall–Kier alpha value is -4.21. The molecular formula is C28H27N7OS. The number of nitrogens with two attached hydrogens (primary N) is 1. The lowest BCUT2D eigenvalue weighted by Gasteiger charge is -2.11. The van der Waals surface area contributed by atoms with Crippen molar-refractivity contribution in [2.45, 2.75) is 6.42 Å². The van der Waals surface area contributed by atoms with E-state index >= 15 is 0 Å². The van der Waals surface area contributed by atoms with Gasteiger partial charge in [0.1, 0.15) is 12.4 Å². The highest BCUT2D eigenvalue weighted by Gasteiger charge is 2.20. The zero-order valence-electron chi connectivity index (χ0n) is 20.7. The minimum Gasteiger partial charge on any atom is -0.491 e. The fraction of sp³-hybridized carbons (Fsp3) is 0.179. The fourth-order valence-electron chi connectivity index (χ4n) is 4.47. The maximum absolute atomic E-state index is 6.28. The van der Waals surface area contributed by atoms with E-state index < -0.39 is 0 Å². The number of aromatic amines is 2. The average molecular weight is 510 g/mol. The second kappa shape index (κ2) is 9.68. The summed E-state index contributed by atoms with van der Waals surface area (Å²) in [5.74, 6) is 0.735. The van der Waals surface area contributed by atoms with Gasteiger partial charge in [0.25, 0.3) is 0 Å². The van der Waals surface area contributed by atoms with E-state index in [9.17, 15) is 0 Å². The number of ether oxygens (including phenoxy) is 1. The summed E-state index contributed by atoms with van der Waals surface area (Å²) >= 11 is 1.72. The molecule has 0 spiro atoms. The maximum atomic E-state index is 6.28. The predicted molar refractivity (Wildman–Crippen MR) is 148 cm³/mol. The van der Waals surface area contributed by atoms with E-state index in [0.29, 0.717) is 18.7 Å². The first-order chi connectivity index (χ1) is 18.0. The van der Waals surface area contributed by atoms with E-state index in [0.717, 1.165) is 62.7 Å². The zero-order valence-corrected chi connectivity index (χ0v) is 21.5. The van der Waals surface area contributed by atoms with Crippen molar-refractivity contribution in [3.8, 4) is 28.3 Å². The van der Waals surface area contributed by atoms with Crippen LogP contribution in [0.15, 0.2) is 72.2 Å². The molecule has 0 radical (unpaired) electrons. The smallest absolute Gasteiger partial charge is 0.181 e. The first kappa shape index (κ1) is 23.2. The van der Waals surface area contributed by atoms with Crippen molar-refractivity contribution in [2.75, 3.05) is 27.2 Å². The van der Waals surface area contributed by atoms with Gasteiger partial charge in [-0.1, -0.05) is 12.1 Å². The summed E-state index contributed by atoms with van der Waals surface area (Å²) in [6.45, 7) is 1.43. The highest BCUT2D eigenvalue weighted by molar-refractivity contribution is 7.11. The van der Waals surface area contributed by atoms with E-state index in [1.165, 1.54) is 4.88 Å². The van der Waals surface area contributed by atoms with Crippen LogP contribution in [0, 0.1) is 0 Å². The molecule has 0 aromatic carbocycles. The Morgan fingerprint density at radius 2 is 2.00 bits per heavy atom. The number of aromatic nitrogens is 5. The number of fused-ring (bicyclic) bond motifs is 2. The SMILES string of the molecule is CN(C)CCOc1cncc(-c2cnc3n[nH]c(-c4cc5c([nH]4)CC(N)=CC=C5c4cccs4)c3c2)c1. The van der Waals surface area contributed by atoms with E-state index in [-0.39, 0.29) is 0 Å². The number of allylic oxidation sites excluding steroid dienone is 3. The number of nitrogens with one attached hydrogen (secondary N) is 2. The summed E-state index contributed by atoms with van der Waals surface area (Å²) in [5, 5.41) is 10.7. The Kier molecular flexibility index (Phi) is 6.07. The van der Waals surface area contributed by atoms with Gasteiger partial charge in [-0.15, -0.1) is 11.3 Å². The van der Waals surface area contributed by atoms with Gasteiger partial charge in [-0.3, -0.25) is 10.1 Å². The van der Waals surface area contributed by atoms with Crippen LogP contribution in [0.5, 0.6) is 5.75 Å². The van der Waals surface area contributed by atoms with Crippen LogP contribution in [0.4, 0.5) is 0 Å². The summed E-state index contributed by atoms with van der Waals surface area (Å²) in [4.78, 5) is 15.9. The van der Waals surface area contributed by atoms with E-state index in [1.807, 2.05) is 38.6 Å². The number of nitrogens with zero attached hydrogens (tertiary/aromatic N) is 4. The third kappa shape index (κ3) is 4.66. The molecule has 0 saturated carbocycles. The summed E-state index contributed by atoms with van der Waals surface area (Å²) in [7, 11) is 4.04. The molecule has 5 aromatic rings. The Morgan fingerprint density at radius 1 is 1.11 bits per heavy atom.